The van der Waals surface area contributed by atoms with Gasteiger partial charge >= 0.3 is 0 Å². The molecule has 0 fully saturated rings. The molecule has 0 saturated heterocycles. The molecular formula is C20H19ClN4O. The predicted molar refractivity (Wildman–Crippen MR) is 105 cm³/mol. The Morgan fingerprint density at radius 3 is 2.38 bits per heavy atom. The summed E-state index contributed by atoms with van der Waals surface area (Å²) in [7, 11) is 0. The first-order chi connectivity index (χ1) is 12.6. The summed E-state index contributed by atoms with van der Waals surface area (Å²) in [5.74, 6) is 0.125. The molecule has 1 heterocycles. The van der Waals surface area contributed by atoms with Crippen LogP contribution >= 0.6 is 11.6 Å². The zero-order valence-electron chi connectivity index (χ0n) is 14.4. The number of benzene rings is 2. The quantitative estimate of drug-likeness (QED) is 0.671. The molecule has 1 aromatic heterocycles. The maximum Gasteiger partial charge on any atom is 0.274 e. The van der Waals surface area contributed by atoms with Gasteiger partial charge in [0.2, 0.25) is 5.95 Å². The number of carbonyl (C=O) groups excluding carboxylic acids is 1. The van der Waals surface area contributed by atoms with Crippen molar-refractivity contribution in [2.75, 3.05) is 10.6 Å². The third-order valence-corrected chi connectivity index (χ3v) is 4.12. The van der Waals surface area contributed by atoms with Crippen molar-refractivity contribution in [3.63, 3.8) is 0 Å². The fourth-order valence-electron chi connectivity index (χ4n) is 2.37. The van der Waals surface area contributed by atoms with Crippen LogP contribution in [0.1, 0.15) is 28.5 Å². The Kier molecular flexibility index (Phi) is 5.81. The summed E-state index contributed by atoms with van der Waals surface area (Å²) < 4.78 is 0. The lowest BCUT2D eigenvalue weighted by Gasteiger charge is -2.08. The highest BCUT2D eigenvalue weighted by Gasteiger charge is 2.09. The lowest BCUT2D eigenvalue weighted by Crippen LogP contribution is -2.15. The number of aryl methyl sites for hydroxylation is 1. The number of hydrogen-bond donors (Lipinski definition) is 2. The SMILES string of the molecule is CCc1ccc(NC(=O)c2ccnc(NCc3ccc(Cl)cc3)n2)cc1. The number of halogens is 1. The second kappa shape index (κ2) is 8.45. The second-order valence-electron chi connectivity index (χ2n) is 5.75. The second-order valence-corrected chi connectivity index (χ2v) is 6.19. The van der Waals surface area contributed by atoms with Gasteiger partial charge in [-0.25, -0.2) is 9.97 Å². The van der Waals surface area contributed by atoms with E-state index in [1.54, 1.807) is 12.3 Å². The van der Waals surface area contributed by atoms with Crippen LogP contribution in [0.15, 0.2) is 60.8 Å². The van der Waals surface area contributed by atoms with Crippen molar-refractivity contribution in [2.24, 2.45) is 0 Å². The van der Waals surface area contributed by atoms with Gasteiger partial charge in [-0.1, -0.05) is 42.8 Å². The lowest BCUT2D eigenvalue weighted by atomic mass is 10.1. The van der Waals surface area contributed by atoms with E-state index in [2.05, 4.69) is 27.5 Å². The molecule has 2 N–H and O–H groups in total. The van der Waals surface area contributed by atoms with Crippen LogP contribution in [-0.4, -0.2) is 15.9 Å². The van der Waals surface area contributed by atoms with Gasteiger partial charge < -0.3 is 10.6 Å². The Hall–Kier alpha value is -2.92. The van der Waals surface area contributed by atoms with Crippen LogP contribution in [0.2, 0.25) is 5.02 Å². The topological polar surface area (TPSA) is 66.9 Å². The van der Waals surface area contributed by atoms with Crippen molar-refractivity contribution in [3.8, 4) is 0 Å². The molecule has 5 nitrogen and oxygen atoms in total. The molecule has 0 aliphatic carbocycles. The summed E-state index contributed by atoms with van der Waals surface area (Å²) in [6.07, 6.45) is 2.52. The molecule has 2 aromatic carbocycles. The summed E-state index contributed by atoms with van der Waals surface area (Å²) in [6.45, 7) is 2.63. The van der Waals surface area contributed by atoms with Gasteiger partial charge in [0.15, 0.2) is 0 Å². The zero-order valence-corrected chi connectivity index (χ0v) is 15.1. The van der Waals surface area contributed by atoms with Gasteiger partial charge in [0.1, 0.15) is 5.69 Å². The van der Waals surface area contributed by atoms with E-state index in [1.165, 1.54) is 5.56 Å². The molecule has 0 saturated carbocycles. The van der Waals surface area contributed by atoms with Crippen LogP contribution < -0.4 is 10.6 Å². The Morgan fingerprint density at radius 1 is 1.00 bits per heavy atom. The van der Waals surface area contributed by atoms with E-state index in [9.17, 15) is 4.79 Å². The lowest BCUT2D eigenvalue weighted by molar-refractivity contribution is 0.102. The molecule has 0 aliphatic rings. The van der Waals surface area contributed by atoms with Crippen LogP contribution in [0.5, 0.6) is 0 Å². The van der Waals surface area contributed by atoms with E-state index in [1.807, 2.05) is 48.5 Å². The zero-order chi connectivity index (χ0) is 18.4. The van der Waals surface area contributed by atoms with E-state index >= 15 is 0 Å². The van der Waals surface area contributed by atoms with Gasteiger partial charge in [-0.05, 0) is 47.9 Å². The van der Waals surface area contributed by atoms with Gasteiger partial charge in [-0.2, -0.15) is 0 Å². The summed E-state index contributed by atoms with van der Waals surface area (Å²) in [5.41, 5.74) is 3.31. The molecule has 3 rings (SSSR count). The maximum absolute atomic E-state index is 12.4. The van der Waals surface area contributed by atoms with Crippen LogP contribution in [-0.2, 0) is 13.0 Å². The highest BCUT2D eigenvalue weighted by molar-refractivity contribution is 6.30. The molecule has 26 heavy (non-hydrogen) atoms. The summed E-state index contributed by atoms with van der Waals surface area (Å²) >= 11 is 5.88. The Balaban J connectivity index is 1.63. The predicted octanol–water partition coefficient (Wildman–Crippen LogP) is 4.56. The molecule has 3 aromatic rings. The average molecular weight is 367 g/mol. The van der Waals surface area contributed by atoms with Crippen molar-refractivity contribution in [1.82, 2.24) is 9.97 Å². The fourth-order valence-corrected chi connectivity index (χ4v) is 2.50. The molecule has 132 valence electrons. The molecule has 6 heteroatoms. The Morgan fingerprint density at radius 2 is 1.69 bits per heavy atom. The third-order valence-electron chi connectivity index (χ3n) is 3.87. The van der Waals surface area contributed by atoms with Crippen LogP contribution in [0, 0.1) is 0 Å². The minimum Gasteiger partial charge on any atom is -0.350 e. The first-order valence-corrected chi connectivity index (χ1v) is 8.73. The van der Waals surface area contributed by atoms with Gasteiger partial charge in [0.05, 0.1) is 0 Å². The first-order valence-electron chi connectivity index (χ1n) is 8.35. The largest absolute Gasteiger partial charge is 0.350 e. The number of amides is 1. The molecule has 0 aliphatic heterocycles. The molecule has 0 bridgehead atoms. The van der Waals surface area contributed by atoms with E-state index in [4.69, 9.17) is 11.6 Å². The van der Waals surface area contributed by atoms with E-state index in [0.717, 1.165) is 17.7 Å². The van der Waals surface area contributed by atoms with E-state index in [0.29, 0.717) is 23.2 Å². The minimum absolute atomic E-state index is 0.272. The highest BCUT2D eigenvalue weighted by Crippen LogP contribution is 2.13. The monoisotopic (exact) mass is 366 g/mol. The van der Waals surface area contributed by atoms with Crippen molar-refractivity contribution in [2.45, 2.75) is 19.9 Å². The third kappa shape index (κ3) is 4.80. The van der Waals surface area contributed by atoms with Crippen molar-refractivity contribution in [1.29, 1.82) is 0 Å². The Bertz CT molecular complexity index is 879. The smallest absolute Gasteiger partial charge is 0.274 e. The van der Waals surface area contributed by atoms with E-state index < -0.39 is 0 Å². The number of anilines is 2. The number of hydrogen-bond acceptors (Lipinski definition) is 4. The fraction of sp³-hybridized carbons (Fsp3) is 0.150. The van der Waals surface area contributed by atoms with Crippen LogP contribution in [0.4, 0.5) is 11.6 Å². The molecule has 0 atom stereocenters. The number of carbonyl (C=O) groups is 1. The van der Waals surface area contributed by atoms with Crippen LogP contribution in [0.25, 0.3) is 0 Å². The molecule has 1 amide bonds. The van der Waals surface area contributed by atoms with Gasteiger partial charge in [-0.15, -0.1) is 0 Å². The normalized spacial score (nSPS) is 10.4. The minimum atomic E-state index is -0.272. The van der Waals surface area contributed by atoms with Crippen molar-refractivity contribution >= 4 is 29.1 Å². The van der Waals surface area contributed by atoms with Crippen molar-refractivity contribution < 1.29 is 4.79 Å². The van der Waals surface area contributed by atoms with E-state index in [-0.39, 0.29) is 5.91 Å². The molecule has 0 radical (unpaired) electrons. The van der Waals surface area contributed by atoms with Crippen LogP contribution in [0.3, 0.4) is 0 Å². The van der Waals surface area contributed by atoms with Gasteiger partial charge in [-0.3, -0.25) is 4.79 Å². The molecule has 0 spiro atoms. The summed E-state index contributed by atoms with van der Waals surface area (Å²) in [4.78, 5) is 20.8. The van der Waals surface area contributed by atoms with Crippen molar-refractivity contribution in [3.05, 3.63) is 82.6 Å². The average Bonchev–Trinajstić information content (AvgIpc) is 2.68. The summed E-state index contributed by atoms with van der Waals surface area (Å²) in [6, 6.07) is 16.8. The Labute approximate surface area is 157 Å². The maximum atomic E-state index is 12.4. The number of aromatic nitrogens is 2. The number of nitrogens with one attached hydrogen (secondary N) is 2. The van der Waals surface area contributed by atoms with Gasteiger partial charge in [0.25, 0.3) is 5.91 Å². The summed E-state index contributed by atoms with van der Waals surface area (Å²) in [5, 5.41) is 6.64. The molecular weight excluding hydrogens is 348 g/mol. The first kappa shape index (κ1) is 17.9. The van der Waals surface area contributed by atoms with Gasteiger partial charge in [0, 0.05) is 23.5 Å². The number of nitrogens with zero attached hydrogens (tertiary/aromatic N) is 2. The standard InChI is InChI=1S/C20H19ClN4O/c1-2-14-5-9-17(10-6-14)24-19(26)18-11-12-22-20(25-18)23-13-15-3-7-16(21)8-4-15/h3-12H,2,13H2,1H3,(H,24,26)(H,22,23,25). The molecule has 0 unspecified atom stereocenters. The number of rotatable bonds is 6. The highest BCUT2D eigenvalue weighted by atomic mass is 35.5.